The van der Waals surface area contributed by atoms with Crippen LogP contribution in [0.15, 0.2) is 43.0 Å². The van der Waals surface area contributed by atoms with Crippen molar-refractivity contribution >= 4 is 17.5 Å². The highest BCUT2D eigenvalue weighted by Gasteiger charge is 2.33. The first kappa shape index (κ1) is 22.1. The quantitative estimate of drug-likeness (QED) is 0.693. The average Bonchev–Trinajstić information content (AvgIpc) is 2.90. The van der Waals surface area contributed by atoms with Gasteiger partial charge in [0.05, 0.1) is 12.1 Å². The van der Waals surface area contributed by atoms with E-state index in [2.05, 4.69) is 46.7 Å². The summed E-state index contributed by atoms with van der Waals surface area (Å²) in [6, 6.07) is 6.12. The first-order valence-electron chi connectivity index (χ1n) is 12.4. The number of aromatic nitrogens is 3. The predicted molar refractivity (Wildman–Crippen MR) is 129 cm³/mol. The van der Waals surface area contributed by atoms with Gasteiger partial charge in [-0.15, -0.1) is 0 Å². The van der Waals surface area contributed by atoms with Gasteiger partial charge in [-0.25, -0.2) is 9.97 Å². The van der Waals surface area contributed by atoms with Gasteiger partial charge in [0.2, 0.25) is 5.91 Å². The Morgan fingerprint density at radius 3 is 2.48 bits per heavy atom. The van der Waals surface area contributed by atoms with Crippen LogP contribution >= 0.6 is 0 Å². The summed E-state index contributed by atoms with van der Waals surface area (Å²) in [4.78, 5) is 35.9. The van der Waals surface area contributed by atoms with Crippen molar-refractivity contribution in [2.24, 2.45) is 11.8 Å². The van der Waals surface area contributed by atoms with Gasteiger partial charge in [-0.1, -0.05) is 6.07 Å². The van der Waals surface area contributed by atoms with E-state index in [9.17, 15) is 4.79 Å². The predicted octanol–water partition coefficient (Wildman–Crippen LogP) is 2.15. The van der Waals surface area contributed by atoms with E-state index in [1.165, 1.54) is 6.42 Å². The lowest BCUT2D eigenvalue weighted by Gasteiger charge is -2.41. The molecule has 0 aliphatic carbocycles. The third-order valence-corrected chi connectivity index (χ3v) is 7.34. The van der Waals surface area contributed by atoms with Crippen molar-refractivity contribution in [1.82, 2.24) is 24.8 Å². The maximum absolute atomic E-state index is 13.4. The van der Waals surface area contributed by atoms with E-state index in [1.807, 2.05) is 12.3 Å². The number of carbonyl (C=O) groups excluding carboxylic acids is 1. The van der Waals surface area contributed by atoms with Crippen LogP contribution in [0.1, 0.15) is 25.7 Å². The molecule has 3 aliphatic heterocycles. The van der Waals surface area contributed by atoms with Gasteiger partial charge < -0.3 is 14.7 Å². The zero-order valence-corrected chi connectivity index (χ0v) is 19.4. The summed E-state index contributed by atoms with van der Waals surface area (Å²) < 4.78 is 0. The molecule has 1 amide bonds. The van der Waals surface area contributed by atoms with Gasteiger partial charge >= 0.3 is 0 Å². The van der Waals surface area contributed by atoms with Gasteiger partial charge in [0.15, 0.2) is 0 Å². The molecule has 8 heteroatoms. The number of hydrogen-bond donors (Lipinski definition) is 0. The Kier molecular flexibility index (Phi) is 7.00. The van der Waals surface area contributed by atoms with Gasteiger partial charge in [-0.05, 0) is 43.7 Å². The fourth-order valence-corrected chi connectivity index (χ4v) is 5.58. The van der Waals surface area contributed by atoms with E-state index in [0.29, 0.717) is 11.8 Å². The van der Waals surface area contributed by atoms with Crippen LogP contribution in [0.4, 0.5) is 11.6 Å². The molecule has 33 heavy (non-hydrogen) atoms. The lowest BCUT2D eigenvalue weighted by Crippen LogP contribution is -2.52. The normalized spacial score (nSPS) is 24.7. The molecule has 2 atom stereocenters. The first-order chi connectivity index (χ1) is 16.3. The van der Waals surface area contributed by atoms with Crippen LogP contribution in [0.5, 0.6) is 0 Å². The number of piperazine rings is 1. The van der Waals surface area contributed by atoms with Gasteiger partial charge in [0.25, 0.3) is 0 Å². The Bertz CT molecular complexity index is 888. The Labute approximate surface area is 196 Å². The topological polar surface area (TPSA) is 68.7 Å². The lowest BCUT2D eigenvalue weighted by molar-refractivity contribution is -0.137. The van der Waals surface area contributed by atoms with E-state index in [4.69, 9.17) is 0 Å². The monoisotopic (exact) mass is 449 g/mol. The molecule has 0 spiro atoms. The van der Waals surface area contributed by atoms with E-state index in [-0.39, 0.29) is 5.92 Å². The second-order valence-electron chi connectivity index (χ2n) is 9.62. The fraction of sp³-hybridized carbons (Fsp3) is 0.600. The van der Waals surface area contributed by atoms with E-state index >= 15 is 0 Å². The summed E-state index contributed by atoms with van der Waals surface area (Å²) in [6.45, 7) is 8.79. The van der Waals surface area contributed by atoms with Crippen LogP contribution in [0.2, 0.25) is 0 Å². The molecule has 3 aliphatic rings. The van der Waals surface area contributed by atoms with Gasteiger partial charge in [0.1, 0.15) is 11.6 Å². The van der Waals surface area contributed by atoms with Crippen molar-refractivity contribution in [3.05, 3.63) is 43.0 Å². The number of pyridine rings is 1. The Balaban J connectivity index is 1.11. The lowest BCUT2D eigenvalue weighted by atomic mass is 9.92. The summed E-state index contributed by atoms with van der Waals surface area (Å²) in [5.74, 6) is 2.95. The number of amides is 1. The minimum absolute atomic E-state index is 0.0708. The minimum atomic E-state index is 0.0708. The molecule has 3 saturated heterocycles. The standard InChI is InChI=1S/C25H35N7O/c33-25(22-6-4-11-31(20-22)24-17-26-9-10-28-24)32-12-3-5-21(19-32)18-29-13-15-30(16-14-29)23-7-1-2-8-27-23/h1-2,7-10,17,21-22H,3-6,11-16,18-20H2. The number of hydrogen-bond acceptors (Lipinski definition) is 7. The van der Waals surface area contributed by atoms with Crippen LogP contribution < -0.4 is 9.80 Å². The summed E-state index contributed by atoms with van der Waals surface area (Å²) in [5.41, 5.74) is 0. The molecule has 176 valence electrons. The molecule has 0 aromatic carbocycles. The van der Waals surface area contributed by atoms with E-state index in [1.54, 1.807) is 18.6 Å². The van der Waals surface area contributed by atoms with Crippen LogP contribution in [-0.2, 0) is 4.79 Å². The molecule has 5 heterocycles. The van der Waals surface area contributed by atoms with Gasteiger partial charge in [0, 0.05) is 77.5 Å². The van der Waals surface area contributed by atoms with Crippen LogP contribution in [0.3, 0.4) is 0 Å². The Hall–Kier alpha value is -2.74. The highest BCUT2D eigenvalue weighted by molar-refractivity contribution is 5.79. The van der Waals surface area contributed by atoms with E-state index < -0.39 is 0 Å². The molecule has 3 fully saturated rings. The van der Waals surface area contributed by atoms with Crippen molar-refractivity contribution in [3.8, 4) is 0 Å². The molecule has 8 nitrogen and oxygen atoms in total. The molecule has 0 N–H and O–H groups in total. The molecule has 0 radical (unpaired) electrons. The Morgan fingerprint density at radius 2 is 1.70 bits per heavy atom. The van der Waals surface area contributed by atoms with Crippen LogP contribution in [0.25, 0.3) is 0 Å². The highest BCUT2D eigenvalue weighted by atomic mass is 16.2. The molecule has 2 aromatic rings. The molecule has 2 aromatic heterocycles. The maximum atomic E-state index is 13.4. The summed E-state index contributed by atoms with van der Waals surface area (Å²) >= 11 is 0. The smallest absolute Gasteiger partial charge is 0.227 e. The average molecular weight is 450 g/mol. The zero-order valence-electron chi connectivity index (χ0n) is 19.4. The summed E-state index contributed by atoms with van der Waals surface area (Å²) in [6.07, 6.45) is 11.4. The van der Waals surface area contributed by atoms with Gasteiger partial charge in [-0.2, -0.15) is 0 Å². The number of likely N-dealkylation sites (tertiary alicyclic amines) is 1. The molecular formula is C25H35N7O. The van der Waals surface area contributed by atoms with Crippen molar-refractivity contribution in [2.75, 3.05) is 68.7 Å². The molecule has 0 bridgehead atoms. The summed E-state index contributed by atoms with van der Waals surface area (Å²) in [5, 5.41) is 0. The third-order valence-electron chi connectivity index (χ3n) is 7.34. The van der Waals surface area contributed by atoms with Gasteiger partial charge in [-0.3, -0.25) is 14.7 Å². The maximum Gasteiger partial charge on any atom is 0.227 e. The molecule has 0 saturated carbocycles. The van der Waals surface area contributed by atoms with Crippen molar-refractivity contribution < 1.29 is 4.79 Å². The Morgan fingerprint density at radius 1 is 0.848 bits per heavy atom. The molecule has 2 unspecified atom stereocenters. The largest absolute Gasteiger partial charge is 0.355 e. The van der Waals surface area contributed by atoms with Crippen molar-refractivity contribution in [2.45, 2.75) is 25.7 Å². The second kappa shape index (κ2) is 10.5. The van der Waals surface area contributed by atoms with Crippen LogP contribution in [-0.4, -0.2) is 89.6 Å². The zero-order chi connectivity index (χ0) is 22.5. The molecular weight excluding hydrogens is 414 g/mol. The van der Waals surface area contributed by atoms with E-state index in [0.717, 1.165) is 89.8 Å². The number of carbonyl (C=O) groups is 1. The number of nitrogens with zero attached hydrogens (tertiary/aromatic N) is 7. The number of rotatable bonds is 5. The third kappa shape index (κ3) is 5.43. The number of anilines is 2. The SMILES string of the molecule is O=C(C1CCCN(c2cnccn2)C1)N1CCCC(CN2CCN(c3ccccn3)CC2)C1. The first-order valence-corrected chi connectivity index (χ1v) is 12.4. The minimum Gasteiger partial charge on any atom is -0.355 e. The second-order valence-corrected chi connectivity index (χ2v) is 9.62. The highest BCUT2D eigenvalue weighted by Crippen LogP contribution is 2.26. The van der Waals surface area contributed by atoms with Crippen LogP contribution in [0, 0.1) is 11.8 Å². The molecule has 5 rings (SSSR count). The van der Waals surface area contributed by atoms with Crippen molar-refractivity contribution in [3.63, 3.8) is 0 Å². The number of piperidine rings is 2. The fourth-order valence-electron chi connectivity index (χ4n) is 5.58. The summed E-state index contributed by atoms with van der Waals surface area (Å²) in [7, 11) is 0. The van der Waals surface area contributed by atoms with Crippen molar-refractivity contribution in [1.29, 1.82) is 0 Å².